The van der Waals surface area contributed by atoms with Gasteiger partial charge in [0.15, 0.2) is 11.6 Å². The van der Waals surface area contributed by atoms with Gasteiger partial charge in [0, 0.05) is 20.4 Å². The quantitative estimate of drug-likeness (QED) is 0.837. The zero-order valence-corrected chi connectivity index (χ0v) is 13.0. The van der Waals surface area contributed by atoms with Crippen LogP contribution in [0.4, 0.5) is 4.79 Å². The highest BCUT2D eigenvalue weighted by atomic mass is 16.6. The Hall–Kier alpha value is -2.18. The van der Waals surface area contributed by atoms with Gasteiger partial charge in [-0.1, -0.05) is 0 Å². The zero-order valence-electron chi connectivity index (χ0n) is 13.0. The van der Waals surface area contributed by atoms with E-state index in [2.05, 4.69) is 10.4 Å². The lowest BCUT2D eigenvalue weighted by atomic mass is 10.2. The molecule has 0 radical (unpaired) electrons. The number of ketones is 2. The summed E-state index contributed by atoms with van der Waals surface area (Å²) in [6.07, 6.45) is -0.536. The predicted molar refractivity (Wildman–Crippen MR) is 76.5 cm³/mol. The van der Waals surface area contributed by atoms with Gasteiger partial charge in [0.25, 0.3) is 0 Å². The third-order valence-electron chi connectivity index (χ3n) is 2.49. The first-order valence-corrected chi connectivity index (χ1v) is 6.66. The predicted octanol–water partition coefficient (Wildman–Crippen LogP) is 1.81. The summed E-state index contributed by atoms with van der Waals surface area (Å²) in [4.78, 5) is 34.3. The Balaban J connectivity index is 2.65. The number of ether oxygens (including phenoxy) is 1. The molecule has 7 nitrogen and oxygen atoms in total. The summed E-state index contributed by atoms with van der Waals surface area (Å²) in [5.74, 6) is -0.399. The normalized spacial score (nSPS) is 11.1. The second-order valence-corrected chi connectivity index (χ2v) is 5.68. The van der Waals surface area contributed by atoms with Gasteiger partial charge in [-0.15, -0.1) is 0 Å². The number of hydrogen-bond donors (Lipinski definition) is 1. The maximum atomic E-state index is 11.5. The summed E-state index contributed by atoms with van der Waals surface area (Å²) >= 11 is 0. The van der Waals surface area contributed by atoms with Crippen LogP contribution < -0.4 is 5.32 Å². The van der Waals surface area contributed by atoms with Crippen LogP contribution in [0, 0.1) is 0 Å². The fourth-order valence-corrected chi connectivity index (χ4v) is 1.62. The Morgan fingerprint density at radius 3 is 2.33 bits per heavy atom. The lowest BCUT2D eigenvalue weighted by Gasteiger charge is -2.19. The Bertz CT molecular complexity index is 555. The highest BCUT2D eigenvalue weighted by Gasteiger charge is 2.17. The molecule has 1 aromatic heterocycles. The van der Waals surface area contributed by atoms with E-state index in [4.69, 9.17) is 4.74 Å². The molecule has 1 amide bonds. The van der Waals surface area contributed by atoms with Crippen molar-refractivity contribution < 1.29 is 19.1 Å². The van der Waals surface area contributed by atoms with Crippen LogP contribution >= 0.6 is 0 Å². The Morgan fingerprint density at radius 1 is 1.24 bits per heavy atom. The van der Waals surface area contributed by atoms with Gasteiger partial charge in [-0.3, -0.25) is 14.3 Å². The van der Waals surface area contributed by atoms with Gasteiger partial charge in [0.05, 0.1) is 6.54 Å². The van der Waals surface area contributed by atoms with Crippen LogP contribution in [0.15, 0.2) is 6.07 Å². The number of amides is 1. The van der Waals surface area contributed by atoms with Gasteiger partial charge in [0.2, 0.25) is 0 Å². The average molecular weight is 295 g/mol. The first kappa shape index (κ1) is 16.9. The van der Waals surface area contributed by atoms with E-state index in [1.54, 1.807) is 20.8 Å². The van der Waals surface area contributed by atoms with E-state index < -0.39 is 11.7 Å². The number of alkyl carbamates (subject to hydrolysis) is 1. The van der Waals surface area contributed by atoms with Crippen LogP contribution in [0.2, 0.25) is 0 Å². The molecular formula is C14H21N3O4. The van der Waals surface area contributed by atoms with E-state index in [1.165, 1.54) is 24.6 Å². The molecule has 21 heavy (non-hydrogen) atoms. The van der Waals surface area contributed by atoms with E-state index >= 15 is 0 Å². The van der Waals surface area contributed by atoms with Crippen molar-refractivity contribution >= 4 is 17.7 Å². The van der Waals surface area contributed by atoms with Gasteiger partial charge in [0.1, 0.15) is 17.0 Å². The van der Waals surface area contributed by atoms with E-state index in [-0.39, 0.29) is 30.3 Å². The first-order chi connectivity index (χ1) is 9.60. The number of carbonyl (C=O) groups is 3. The lowest BCUT2D eigenvalue weighted by molar-refractivity contribution is 0.0525. The van der Waals surface area contributed by atoms with Gasteiger partial charge < -0.3 is 10.1 Å². The topological polar surface area (TPSA) is 90.3 Å². The first-order valence-electron chi connectivity index (χ1n) is 6.66. The SMILES string of the molecule is CC(=O)c1cc(C(C)=O)n(CCNC(=O)OC(C)(C)C)n1. The molecule has 0 aliphatic carbocycles. The van der Waals surface area contributed by atoms with Crippen LogP contribution in [0.3, 0.4) is 0 Å². The van der Waals surface area contributed by atoms with E-state index in [9.17, 15) is 14.4 Å². The zero-order chi connectivity index (χ0) is 16.2. The molecule has 0 aliphatic rings. The molecule has 1 rings (SSSR count). The number of rotatable bonds is 5. The number of carbonyl (C=O) groups excluding carboxylic acids is 3. The van der Waals surface area contributed by atoms with Gasteiger partial charge in [-0.2, -0.15) is 5.10 Å². The van der Waals surface area contributed by atoms with E-state index in [1.807, 2.05) is 0 Å². The Labute approximate surface area is 123 Å². The minimum Gasteiger partial charge on any atom is -0.444 e. The average Bonchev–Trinajstić information content (AvgIpc) is 2.70. The number of hydrogen-bond acceptors (Lipinski definition) is 5. The van der Waals surface area contributed by atoms with E-state index in [0.717, 1.165) is 0 Å². The molecule has 1 heterocycles. The van der Waals surface area contributed by atoms with Crippen molar-refractivity contribution in [3.8, 4) is 0 Å². The maximum absolute atomic E-state index is 11.5. The fourth-order valence-electron chi connectivity index (χ4n) is 1.62. The van der Waals surface area contributed by atoms with Crippen LogP contribution in [-0.4, -0.2) is 39.6 Å². The molecule has 0 saturated carbocycles. The summed E-state index contributed by atoms with van der Waals surface area (Å²) in [5.41, 5.74) is 0.00550. The van der Waals surface area contributed by atoms with Crippen molar-refractivity contribution in [3.05, 3.63) is 17.5 Å². The number of nitrogens with one attached hydrogen (secondary N) is 1. The summed E-state index contributed by atoms with van der Waals surface area (Å²) in [5, 5.41) is 6.63. The van der Waals surface area contributed by atoms with Crippen molar-refractivity contribution in [3.63, 3.8) is 0 Å². The van der Waals surface area contributed by atoms with Crippen LogP contribution in [-0.2, 0) is 11.3 Å². The van der Waals surface area contributed by atoms with Crippen LogP contribution in [0.1, 0.15) is 55.6 Å². The highest BCUT2D eigenvalue weighted by molar-refractivity contribution is 5.97. The van der Waals surface area contributed by atoms with Crippen LogP contribution in [0.5, 0.6) is 0 Å². The summed E-state index contributed by atoms with van der Waals surface area (Å²) in [7, 11) is 0. The van der Waals surface area contributed by atoms with Crippen molar-refractivity contribution in [1.29, 1.82) is 0 Å². The molecule has 0 aliphatic heterocycles. The molecule has 0 fully saturated rings. The monoisotopic (exact) mass is 295 g/mol. The summed E-state index contributed by atoms with van der Waals surface area (Å²) in [6, 6.07) is 1.46. The van der Waals surface area contributed by atoms with Gasteiger partial charge in [-0.05, 0) is 26.8 Å². The largest absolute Gasteiger partial charge is 0.444 e. The molecule has 0 atom stereocenters. The molecule has 1 N–H and O–H groups in total. The summed E-state index contributed by atoms with van der Waals surface area (Å²) in [6.45, 7) is 8.62. The van der Waals surface area contributed by atoms with Crippen molar-refractivity contribution in [1.82, 2.24) is 15.1 Å². The fraction of sp³-hybridized carbons (Fsp3) is 0.571. The second-order valence-electron chi connectivity index (χ2n) is 5.68. The third kappa shape index (κ3) is 5.37. The van der Waals surface area contributed by atoms with Crippen molar-refractivity contribution in [2.24, 2.45) is 0 Å². The lowest BCUT2D eigenvalue weighted by Crippen LogP contribution is -2.34. The van der Waals surface area contributed by atoms with Crippen molar-refractivity contribution in [2.45, 2.75) is 46.8 Å². The molecule has 0 aromatic carbocycles. The molecular weight excluding hydrogens is 274 g/mol. The minimum atomic E-state index is -0.567. The maximum Gasteiger partial charge on any atom is 0.407 e. The number of aromatic nitrogens is 2. The van der Waals surface area contributed by atoms with Crippen molar-refractivity contribution in [2.75, 3.05) is 6.54 Å². The molecule has 0 unspecified atom stereocenters. The molecule has 0 bridgehead atoms. The molecule has 7 heteroatoms. The van der Waals surface area contributed by atoms with E-state index in [0.29, 0.717) is 5.69 Å². The molecule has 116 valence electrons. The third-order valence-corrected chi connectivity index (χ3v) is 2.49. The Morgan fingerprint density at radius 2 is 1.86 bits per heavy atom. The second kappa shape index (κ2) is 6.51. The van der Waals surface area contributed by atoms with Crippen LogP contribution in [0.25, 0.3) is 0 Å². The standard InChI is InChI=1S/C14H21N3O4/c1-9(18)11-8-12(10(2)19)17(16-11)7-6-15-13(20)21-14(3,4)5/h8H,6-7H2,1-5H3,(H,15,20). The molecule has 1 aromatic rings. The smallest absolute Gasteiger partial charge is 0.407 e. The summed E-state index contributed by atoms with van der Waals surface area (Å²) < 4.78 is 6.51. The molecule has 0 saturated heterocycles. The number of Topliss-reactive ketones (excluding diaryl/α,β-unsaturated/α-hetero) is 2. The van der Waals surface area contributed by atoms with Gasteiger partial charge in [-0.25, -0.2) is 4.79 Å². The van der Waals surface area contributed by atoms with Gasteiger partial charge >= 0.3 is 6.09 Å². The Kier molecular flexibility index (Phi) is 5.23. The number of nitrogens with zero attached hydrogens (tertiary/aromatic N) is 2. The molecule has 0 spiro atoms. The highest BCUT2D eigenvalue weighted by Crippen LogP contribution is 2.07. The minimum absolute atomic E-state index is 0.188.